The standard InChI is InChI=1S/C27H45N5O6/c1-5-17(4)23(32-24(34)20(29)14-16(2)3)26(36)31-22(15-18-9-11-19(33)12-10-18)25(35)30-21(27(37)38)8-6-7-13-28/h9-12,16-17,20-23,33H,5-8,13-15,28-29H2,1-4H3,(H,30,35)(H,31,36)(H,32,34)(H,37,38). The molecule has 5 atom stereocenters. The number of benzene rings is 1. The molecule has 5 unspecified atom stereocenters. The Balaban J connectivity index is 3.15. The molecule has 0 fully saturated rings. The van der Waals surface area contributed by atoms with Crippen molar-refractivity contribution in [2.45, 2.75) is 90.4 Å². The summed E-state index contributed by atoms with van der Waals surface area (Å²) in [5.74, 6) is -2.90. The van der Waals surface area contributed by atoms with Gasteiger partial charge in [0.1, 0.15) is 23.9 Å². The lowest BCUT2D eigenvalue weighted by atomic mass is 9.96. The van der Waals surface area contributed by atoms with Crippen LogP contribution in [0.15, 0.2) is 24.3 Å². The molecule has 0 heterocycles. The summed E-state index contributed by atoms with van der Waals surface area (Å²) in [6, 6.07) is 2.13. The number of nitrogens with two attached hydrogens (primary N) is 2. The van der Waals surface area contributed by atoms with Crippen LogP contribution in [0.5, 0.6) is 5.75 Å². The lowest BCUT2D eigenvalue weighted by Crippen LogP contribution is -2.59. The number of rotatable bonds is 17. The summed E-state index contributed by atoms with van der Waals surface area (Å²) < 4.78 is 0. The molecule has 1 aromatic rings. The van der Waals surface area contributed by atoms with Crippen LogP contribution in [0, 0.1) is 11.8 Å². The van der Waals surface area contributed by atoms with Crippen molar-refractivity contribution in [1.82, 2.24) is 16.0 Å². The Morgan fingerprint density at radius 1 is 0.895 bits per heavy atom. The van der Waals surface area contributed by atoms with E-state index in [0.717, 1.165) is 0 Å². The Kier molecular flexibility index (Phi) is 14.4. The second-order valence-electron chi connectivity index (χ2n) is 10.2. The highest BCUT2D eigenvalue weighted by atomic mass is 16.4. The number of carbonyl (C=O) groups is 4. The molecule has 0 aliphatic heterocycles. The van der Waals surface area contributed by atoms with Gasteiger partial charge in [0, 0.05) is 6.42 Å². The van der Waals surface area contributed by atoms with Crippen LogP contribution in [0.25, 0.3) is 0 Å². The number of aliphatic carboxylic acids is 1. The van der Waals surface area contributed by atoms with E-state index in [1.165, 1.54) is 12.1 Å². The maximum atomic E-state index is 13.4. The number of hydrogen-bond donors (Lipinski definition) is 7. The first-order chi connectivity index (χ1) is 17.9. The van der Waals surface area contributed by atoms with Gasteiger partial charge in [0.25, 0.3) is 0 Å². The molecule has 1 aromatic carbocycles. The summed E-state index contributed by atoms with van der Waals surface area (Å²) in [6.07, 6.45) is 2.39. The van der Waals surface area contributed by atoms with Crippen molar-refractivity contribution in [3.63, 3.8) is 0 Å². The molecule has 11 heteroatoms. The molecule has 0 aliphatic rings. The molecule has 38 heavy (non-hydrogen) atoms. The zero-order valence-electron chi connectivity index (χ0n) is 22.9. The molecule has 0 saturated carbocycles. The van der Waals surface area contributed by atoms with Gasteiger partial charge in [0.15, 0.2) is 0 Å². The number of phenols is 1. The highest BCUT2D eigenvalue weighted by molar-refractivity contribution is 5.94. The highest BCUT2D eigenvalue weighted by Gasteiger charge is 2.32. The normalized spacial score (nSPS) is 15.1. The van der Waals surface area contributed by atoms with Gasteiger partial charge in [-0.05, 0) is 61.8 Å². The van der Waals surface area contributed by atoms with Crippen molar-refractivity contribution in [2.24, 2.45) is 23.3 Å². The average molecular weight is 536 g/mol. The van der Waals surface area contributed by atoms with Crippen LogP contribution in [-0.2, 0) is 25.6 Å². The molecule has 0 spiro atoms. The first-order valence-corrected chi connectivity index (χ1v) is 13.3. The number of phenolic OH excluding ortho intramolecular Hbond substituents is 1. The number of unbranched alkanes of at least 4 members (excludes halogenated alkanes) is 1. The van der Waals surface area contributed by atoms with Crippen LogP contribution in [0.2, 0.25) is 0 Å². The fraction of sp³-hybridized carbons (Fsp3) is 0.630. The minimum absolute atomic E-state index is 0.0427. The van der Waals surface area contributed by atoms with E-state index in [9.17, 15) is 29.4 Å². The summed E-state index contributed by atoms with van der Waals surface area (Å²) in [4.78, 5) is 51.1. The molecular formula is C27H45N5O6. The number of carbonyl (C=O) groups excluding carboxylic acids is 3. The molecular weight excluding hydrogens is 490 g/mol. The van der Waals surface area contributed by atoms with E-state index in [0.29, 0.717) is 37.8 Å². The fourth-order valence-corrected chi connectivity index (χ4v) is 3.94. The van der Waals surface area contributed by atoms with E-state index in [-0.39, 0.29) is 30.4 Å². The summed E-state index contributed by atoms with van der Waals surface area (Å²) in [5.41, 5.74) is 12.1. The van der Waals surface area contributed by atoms with Gasteiger partial charge in [0.2, 0.25) is 17.7 Å². The molecule has 0 aromatic heterocycles. The van der Waals surface area contributed by atoms with Gasteiger partial charge in [-0.15, -0.1) is 0 Å². The topological polar surface area (TPSA) is 197 Å². The second-order valence-corrected chi connectivity index (χ2v) is 10.2. The lowest BCUT2D eigenvalue weighted by molar-refractivity contribution is -0.142. The van der Waals surface area contributed by atoms with Crippen molar-refractivity contribution in [3.05, 3.63) is 29.8 Å². The van der Waals surface area contributed by atoms with Gasteiger partial charge in [0.05, 0.1) is 6.04 Å². The third kappa shape index (κ3) is 11.5. The van der Waals surface area contributed by atoms with E-state index >= 15 is 0 Å². The number of nitrogens with one attached hydrogen (secondary N) is 3. The van der Waals surface area contributed by atoms with Crippen LogP contribution < -0.4 is 27.4 Å². The monoisotopic (exact) mass is 535 g/mol. The van der Waals surface area contributed by atoms with Gasteiger partial charge < -0.3 is 37.6 Å². The van der Waals surface area contributed by atoms with Gasteiger partial charge in [-0.1, -0.05) is 46.2 Å². The molecule has 214 valence electrons. The summed E-state index contributed by atoms with van der Waals surface area (Å²) in [5, 5.41) is 27.2. The highest BCUT2D eigenvalue weighted by Crippen LogP contribution is 2.14. The second kappa shape index (κ2) is 16.6. The molecule has 0 saturated heterocycles. The van der Waals surface area contributed by atoms with Crippen LogP contribution in [0.1, 0.15) is 65.4 Å². The van der Waals surface area contributed by atoms with E-state index in [1.807, 2.05) is 27.7 Å². The predicted octanol–water partition coefficient (Wildman–Crippen LogP) is 1.02. The number of aromatic hydroxyl groups is 1. The quantitative estimate of drug-likeness (QED) is 0.143. The molecule has 9 N–H and O–H groups in total. The van der Waals surface area contributed by atoms with Crippen molar-refractivity contribution < 1.29 is 29.4 Å². The smallest absolute Gasteiger partial charge is 0.326 e. The largest absolute Gasteiger partial charge is 0.508 e. The van der Waals surface area contributed by atoms with Crippen molar-refractivity contribution in [3.8, 4) is 5.75 Å². The van der Waals surface area contributed by atoms with Gasteiger partial charge >= 0.3 is 5.97 Å². The molecule has 0 aliphatic carbocycles. The zero-order valence-corrected chi connectivity index (χ0v) is 22.9. The Hall–Kier alpha value is -3.18. The third-order valence-corrected chi connectivity index (χ3v) is 6.43. The van der Waals surface area contributed by atoms with E-state index in [1.54, 1.807) is 12.1 Å². The van der Waals surface area contributed by atoms with Crippen LogP contribution >= 0.6 is 0 Å². The van der Waals surface area contributed by atoms with E-state index in [2.05, 4.69) is 16.0 Å². The van der Waals surface area contributed by atoms with E-state index < -0.39 is 47.9 Å². The van der Waals surface area contributed by atoms with Gasteiger partial charge in [-0.3, -0.25) is 14.4 Å². The molecule has 11 nitrogen and oxygen atoms in total. The maximum Gasteiger partial charge on any atom is 0.326 e. The fourth-order valence-electron chi connectivity index (χ4n) is 3.94. The minimum Gasteiger partial charge on any atom is -0.508 e. The number of carboxylic acids is 1. The minimum atomic E-state index is -1.19. The third-order valence-electron chi connectivity index (χ3n) is 6.43. The predicted molar refractivity (Wildman–Crippen MR) is 145 cm³/mol. The van der Waals surface area contributed by atoms with Crippen LogP contribution in [-0.4, -0.2) is 64.6 Å². The first kappa shape index (κ1) is 32.8. The lowest BCUT2D eigenvalue weighted by Gasteiger charge is -2.28. The Labute approximate surface area is 225 Å². The average Bonchev–Trinajstić information content (AvgIpc) is 2.86. The van der Waals surface area contributed by atoms with Crippen LogP contribution in [0.3, 0.4) is 0 Å². The summed E-state index contributed by atoms with van der Waals surface area (Å²) in [6.45, 7) is 7.98. The van der Waals surface area contributed by atoms with Crippen molar-refractivity contribution in [1.29, 1.82) is 0 Å². The maximum absolute atomic E-state index is 13.4. The number of carboxylic acid groups (broad SMARTS) is 1. The zero-order chi connectivity index (χ0) is 28.8. The Morgan fingerprint density at radius 2 is 1.50 bits per heavy atom. The van der Waals surface area contributed by atoms with Crippen molar-refractivity contribution in [2.75, 3.05) is 6.54 Å². The van der Waals surface area contributed by atoms with E-state index in [4.69, 9.17) is 11.5 Å². The molecule has 3 amide bonds. The molecule has 0 bridgehead atoms. The SMILES string of the molecule is CCC(C)C(NC(=O)C(N)CC(C)C)C(=O)NC(Cc1ccc(O)cc1)C(=O)NC(CCCCN)C(=O)O. The summed E-state index contributed by atoms with van der Waals surface area (Å²) in [7, 11) is 0. The first-order valence-electron chi connectivity index (χ1n) is 13.3. The van der Waals surface area contributed by atoms with Crippen molar-refractivity contribution >= 4 is 23.7 Å². The molecule has 1 rings (SSSR count). The number of hydrogen-bond acceptors (Lipinski definition) is 7. The van der Waals surface area contributed by atoms with Crippen LogP contribution in [0.4, 0.5) is 0 Å². The Bertz CT molecular complexity index is 908. The van der Waals surface area contributed by atoms with Gasteiger partial charge in [-0.25, -0.2) is 4.79 Å². The Morgan fingerprint density at radius 3 is 2.03 bits per heavy atom. The summed E-state index contributed by atoms with van der Waals surface area (Å²) >= 11 is 0. The van der Waals surface area contributed by atoms with Gasteiger partial charge in [-0.2, -0.15) is 0 Å². The molecule has 0 radical (unpaired) electrons. The number of amides is 3.